The number of fused-ring (bicyclic) bond motifs is 1. The van der Waals surface area contributed by atoms with Crippen LogP contribution in [0.2, 0.25) is 0 Å². The molecular formula is C25H31F2N5O2. The van der Waals surface area contributed by atoms with E-state index >= 15 is 0 Å². The van der Waals surface area contributed by atoms with Crippen LogP contribution in [0.4, 0.5) is 8.78 Å². The van der Waals surface area contributed by atoms with Crippen LogP contribution < -0.4 is 5.56 Å². The minimum atomic E-state index is -2.61. The van der Waals surface area contributed by atoms with Crippen molar-refractivity contribution >= 4 is 11.0 Å². The quantitative estimate of drug-likeness (QED) is 0.568. The smallest absolute Gasteiger partial charge is 0.262 e. The van der Waals surface area contributed by atoms with E-state index in [4.69, 9.17) is 9.72 Å². The minimum absolute atomic E-state index is 0.160. The number of hydrogen-bond acceptors (Lipinski definition) is 5. The van der Waals surface area contributed by atoms with Crippen LogP contribution in [0.1, 0.15) is 55.1 Å². The molecule has 2 fully saturated rings. The molecule has 1 saturated carbocycles. The van der Waals surface area contributed by atoms with E-state index in [-0.39, 0.29) is 24.4 Å². The summed E-state index contributed by atoms with van der Waals surface area (Å²) in [5.41, 5.74) is 2.63. The molecule has 0 amide bonds. The molecule has 34 heavy (non-hydrogen) atoms. The van der Waals surface area contributed by atoms with Gasteiger partial charge in [-0.15, -0.1) is 0 Å². The van der Waals surface area contributed by atoms with Crippen molar-refractivity contribution in [3.63, 3.8) is 0 Å². The molecule has 1 N–H and O–H groups in total. The molecule has 182 valence electrons. The van der Waals surface area contributed by atoms with Gasteiger partial charge in [-0.05, 0) is 43.4 Å². The maximum Gasteiger partial charge on any atom is 0.262 e. The van der Waals surface area contributed by atoms with Crippen molar-refractivity contribution < 1.29 is 13.5 Å². The van der Waals surface area contributed by atoms with E-state index in [2.05, 4.69) is 27.1 Å². The second-order valence-electron chi connectivity index (χ2n) is 9.43. The van der Waals surface area contributed by atoms with Gasteiger partial charge in [0.05, 0.1) is 25.5 Å². The number of ether oxygens (including phenoxy) is 1. The zero-order valence-corrected chi connectivity index (χ0v) is 19.3. The maximum atomic E-state index is 13.6. The van der Waals surface area contributed by atoms with Gasteiger partial charge in [0.25, 0.3) is 5.56 Å². The fourth-order valence-electron chi connectivity index (χ4n) is 5.07. The first-order chi connectivity index (χ1) is 16.5. The number of aromatic amines is 1. The summed E-state index contributed by atoms with van der Waals surface area (Å²) in [6.45, 7) is 4.62. The zero-order chi connectivity index (χ0) is 23.5. The Balaban J connectivity index is 1.32. The summed E-state index contributed by atoms with van der Waals surface area (Å²) in [5, 5.41) is 4.76. The fraction of sp³-hybridized carbons (Fsp3) is 0.560. The third-order valence-corrected chi connectivity index (χ3v) is 7.05. The highest BCUT2D eigenvalue weighted by molar-refractivity contribution is 5.73. The Bertz CT molecular complexity index is 1180. The topological polar surface area (TPSA) is 76.0 Å². The van der Waals surface area contributed by atoms with Crippen LogP contribution in [0.25, 0.3) is 11.0 Å². The summed E-state index contributed by atoms with van der Waals surface area (Å²) in [5.74, 6) is -2.04. The first kappa shape index (κ1) is 23.1. The van der Waals surface area contributed by atoms with Crippen molar-refractivity contribution in [2.75, 3.05) is 32.8 Å². The standard InChI is InChI=1S/C25H31F2N5O2/c26-25(27)9-7-20(8-10-25)32-23-21(17-28-32)24(33)30-22(29-23)16-19-5-2-1-4-18(19)6-3-11-31-12-14-34-15-13-31/h1-2,4-5,17,20H,3,6-16H2,(H,29,30,33). The number of hydrogen-bond donors (Lipinski definition) is 1. The van der Waals surface area contributed by atoms with Crippen LogP contribution in [-0.2, 0) is 17.6 Å². The number of nitrogens with zero attached hydrogens (tertiary/aromatic N) is 4. The van der Waals surface area contributed by atoms with Crippen molar-refractivity contribution in [3.8, 4) is 0 Å². The van der Waals surface area contributed by atoms with E-state index in [0.29, 0.717) is 36.1 Å². The molecule has 2 aliphatic rings. The van der Waals surface area contributed by atoms with E-state index in [9.17, 15) is 13.6 Å². The second-order valence-corrected chi connectivity index (χ2v) is 9.43. The Morgan fingerprint density at radius 1 is 1.12 bits per heavy atom. The van der Waals surface area contributed by atoms with Gasteiger partial charge in [0, 0.05) is 32.4 Å². The Hall–Kier alpha value is -2.65. The lowest BCUT2D eigenvalue weighted by Crippen LogP contribution is -2.36. The molecule has 3 heterocycles. The molecule has 1 aliphatic heterocycles. The number of aromatic nitrogens is 4. The third-order valence-electron chi connectivity index (χ3n) is 7.05. The third kappa shape index (κ3) is 5.20. The number of nitrogens with one attached hydrogen (secondary N) is 1. The number of aryl methyl sites for hydroxylation is 1. The molecule has 5 rings (SSSR count). The number of halogens is 2. The fourth-order valence-corrected chi connectivity index (χ4v) is 5.07. The average Bonchev–Trinajstić information content (AvgIpc) is 3.25. The molecule has 0 atom stereocenters. The number of morpholine rings is 1. The van der Waals surface area contributed by atoms with E-state index in [0.717, 1.165) is 51.3 Å². The van der Waals surface area contributed by atoms with Gasteiger partial charge in [0.15, 0.2) is 5.65 Å². The Kier molecular flexibility index (Phi) is 6.74. The normalized spacial score (nSPS) is 19.6. The molecule has 3 aromatic rings. The molecule has 2 aromatic heterocycles. The predicted octanol–water partition coefficient (Wildman–Crippen LogP) is 3.73. The maximum absolute atomic E-state index is 13.6. The highest BCUT2D eigenvalue weighted by Gasteiger charge is 2.36. The lowest BCUT2D eigenvalue weighted by Gasteiger charge is -2.28. The monoisotopic (exact) mass is 471 g/mol. The second kappa shape index (κ2) is 9.92. The number of rotatable bonds is 7. The molecule has 0 radical (unpaired) electrons. The summed E-state index contributed by atoms with van der Waals surface area (Å²) >= 11 is 0. The Morgan fingerprint density at radius 3 is 2.62 bits per heavy atom. The first-order valence-electron chi connectivity index (χ1n) is 12.2. The Labute approximate surface area is 197 Å². The van der Waals surface area contributed by atoms with Crippen LogP contribution in [0, 0.1) is 0 Å². The predicted molar refractivity (Wildman–Crippen MR) is 125 cm³/mol. The van der Waals surface area contributed by atoms with E-state index in [1.807, 2.05) is 12.1 Å². The average molecular weight is 472 g/mol. The van der Waals surface area contributed by atoms with Crippen LogP contribution in [0.3, 0.4) is 0 Å². The molecule has 0 unspecified atom stereocenters. The van der Waals surface area contributed by atoms with Gasteiger partial charge in [-0.1, -0.05) is 24.3 Å². The van der Waals surface area contributed by atoms with Crippen molar-refractivity contribution in [2.24, 2.45) is 0 Å². The summed E-state index contributed by atoms with van der Waals surface area (Å²) in [4.78, 5) is 22.8. The van der Waals surface area contributed by atoms with Crippen molar-refractivity contribution in [2.45, 2.75) is 56.9 Å². The lowest BCUT2D eigenvalue weighted by molar-refractivity contribution is -0.0446. The zero-order valence-electron chi connectivity index (χ0n) is 19.3. The van der Waals surface area contributed by atoms with Gasteiger partial charge in [-0.25, -0.2) is 18.4 Å². The van der Waals surface area contributed by atoms with Crippen LogP contribution in [0.5, 0.6) is 0 Å². The van der Waals surface area contributed by atoms with Gasteiger partial charge < -0.3 is 9.72 Å². The summed E-state index contributed by atoms with van der Waals surface area (Å²) in [6.07, 6.45) is 4.36. The molecular weight excluding hydrogens is 440 g/mol. The number of benzene rings is 1. The molecule has 1 saturated heterocycles. The van der Waals surface area contributed by atoms with Gasteiger partial charge >= 0.3 is 0 Å². The molecule has 0 bridgehead atoms. The lowest BCUT2D eigenvalue weighted by atomic mass is 9.92. The van der Waals surface area contributed by atoms with Crippen molar-refractivity contribution in [1.29, 1.82) is 0 Å². The SMILES string of the molecule is O=c1[nH]c(Cc2ccccc2CCCN2CCOCC2)nc2c1cnn2C1CCC(F)(F)CC1. The molecule has 7 nitrogen and oxygen atoms in total. The largest absolute Gasteiger partial charge is 0.379 e. The molecule has 0 spiro atoms. The van der Waals surface area contributed by atoms with Gasteiger partial charge in [0.2, 0.25) is 5.92 Å². The highest BCUT2D eigenvalue weighted by atomic mass is 19.3. The van der Waals surface area contributed by atoms with E-state index in [1.54, 1.807) is 4.68 Å². The van der Waals surface area contributed by atoms with Crippen LogP contribution in [-0.4, -0.2) is 63.4 Å². The van der Waals surface area contributed by atoms with Gasteiger partial charge in [0.1, 0.15) is 11.2 Å². The summed E-state index contributed by atoms with van der Waals surface area (Å²) < 4.78 is 34.4. The van der Waals surface area contributed by atoms with Gasteiger partial charge in [-0.3, -0.25) is 9.69 Å². The van der Waals surface area contributed by atoms with Crippen LogP contribution >= 0.6 is 0 Å². The summed E-state index contributed by atoms with van der Waals surface area (Å²) in [6, 6.07) is 8.10. The molecule has 9 heteroatoms. The molecule has 1 aliphatic carbocycles. The number of alkyl halides is 2. The highest BCUT2D eigenvalue weighted by Crippen LogP contribution is 2.38. The van der Waals surface area contributed by atoms with Crippen molar-refractivity contribution in [3.05, 3.63) is 57.8 Å². The van der Waals surface area contributed by atoms with E-state index in [1.165, 1.54) is 11.8 Å². The van der Waals surface area contributed by atoms with Gasteiger partial charge in [-0.2, -0.15) is 5.10 Å². The Morgan fingerprint density at radius 2 is 1.85 bits per heavy atom. The summed E-state index contributed by atoms with van der Waals surface area (Å²) in [7, 11) is 0. The first-order valence-corrected chi connectivity index (χ1v) is 12.2. The van der Waals surface area contributed by atoms with E-state index < -0.39 is 5.92 Å². The van der Waals surface area contributed by atoms with Crippen LogP contribution in [0.15, 0.2) is 35.3 Å². The van der Waals surface area contributed by atoms with Crippen molar-refractivity contribution in [1.82, 2.24) is 24.6 Å². The minimum Gasteiger partial charge on any atom is -0.379 e. The number of H-pyrrole nitrogens is 1. The molecule has 1 aromatic carbocycles.